The molecule has 3 nitrogen and oxygen atoms in total. The van der Waals surface area contributed by atoms with Crippen molar-refractivity contribution in [3.8, 4) is 11.5 Å². The number of esters is 1. The maximum atomic E-state index is 11.8. The van der Waals surface area contributed by atoms with Crippen LogP contribution < -0.4 is 4.74 Å². The molecule has 0 aromatic heterocycles. The van der Waals surface area contributed by atoms with Gasteiger partial charge in [0.25, 0.3) is 0 Å². The third kappa shape index (κ3) is 2.73. The zero-order valence-electron chi connectivity index (χ0n) is 12.9. The van der Waals surface area contributed by atoms with Gasteiger partial charge in [0.05, 0.1) is 0 Å². The van der Waals surface area contributed by atoms with Gasteiger partial charge in [0.1, 0.15) is 11.5 Å². The molecule has 0 spiro atoms. The first-order valence-electron chi connectivity index (χ1n) is 7.53. The van der Waals surface area contributed by atoms with Gasteiger partial charge >= 0.3 is 5.97 Å². The molecular formula is C19H17ClO3. The molecule has 0 atom stereocenters. The summed E-state index contributed by atoms with van der Waals surface area (Å²) in [6.45, 7) is 5.55. The molecule has 0 radical (unpaired) electrons. The number of rotatable bonds is 3. The van der Waals surface area contributed by atoms with Gasteiger partial charge in [-0.3, -0.25) is 0 Å². The first kappa shape index (κ1) is 15.6. The van der Waals surface area contributed by atoms with Crippen molar-refractivity contribution in [3.63, 3.8) is 0 Å². The Morgan fingerprint density at radius 2 is 2.17 bits per heavy atom. The minimum Gasteiger partial charge on any atom is -0.507 e. The average Bonchev–Trinajstić information content (AvgIpc) is 2.57. The van der Waals surface area contributed by atoms with Gasteiger partial charge in [0.2, 0.25) is 0 Å². The number of allylic oxidation sites excluding steroid dienone is 2. The van der Waals surface area contributed by atoms with Gasteiger partial charge in [-0.2, -0.15) is 0 Å². The van der Waals surface area contributed by atoms with Gasteiger partial charge < -0.3 is 9.84 Å². The summed E-state index contributed by atoms with van der Waals surface area (Å²) in [7, 11) is 0. The monoisotopic (exact) mass is 328 g/mol. The summed E-state index contributed by atoms with van der Waals surface area (Å²) >= 11 is 6.06. The molecule has 3 rings (SSSR count). The summed E-state index contributed by atoms with van der Waals surface area (Å²) in [5, 5.41) is 12.4. The normalized spacial score (nSPS) is 13.4. The van der Waals surface area contributed by atoms with Crippen LogP contribution in [0.3, 0.4) is 0 Å². The molecule has 1 aliphatic rings. The highest BCUT2D eigenvalue weighted by Gasteiger charge is 2.24. The van der Waals surface area contributed by atoms with E-state index in [0.717, 1.165) is 23.6 Å². The molecule has 0 saturated carbocycles. The van der Waals surface area contributed by atoms with Crippen molar-refractivity contribution < 1.29 is 14.6 Å². The average molecular weight is 329 g/mol. The lowest BCUT2D eigenvalue weighted by atomic mass is 9.86. The molecule has 1 N–H and O–H groups in total. The zero-order valence-corrected chi connectivity index (χ0v) is 13.6. The molecule has 23 heavy (non-hydrogen) atoms. The molecule has 0 bridgehead atoms. The fourth-order valence-corrected chi connectivity index (χ4v) is 3.17. The van der Waals surface area contributed by atoms with Crippen molar-refractivity contribution in [1.29, 1.82) is 0 Å². The number of ether oxygens (including phenoxy) is 1. The molecule has 0 saturated heterocycles. The van der Waals surface area contributed by atoms with E-state index in [-0.39, 0.29) is 5.75 Å². The fourth-order valence-electron chi connectivity index (χ4n) is 3.00. The van der Waals surface area contributed by atoms with Crippen LogP contribution in [-0.2, 0) is 17.6 Å². The molecule has 4 heteroatoms. The fraction of sp³-hybridized carbons (Fsp3) is 0.211. The van der Waals surface area contributed by atoms with Crippen LogP contribution >= 0.6 is 11.6 Å². The number of phenolic OH excluding ortho intramolecular Hbond substituents is 1. The summed E-state index contributed by atoms with van der Waals surface area (Å²) in [4.78, 5) is 11.8. The Morgan fingerprint density at radius 3 is 2.87 bits per heavy atom. The summed E-state index contributed by atoms with van der Waals surface area (Å²) < 4.78 is 5.52. The van der Waals surface area contributed by atoms with Gasteiger partial charge in [0, 0.05) is 33.0 Å². The number of halogens is 1. The van der Waals surface area contributed by atoms with Crippen LogP contribution in [0.4, 0.5) is 0 Å². The maximum Gasteiger partial charge on any atom is 0.335 e. The van der Waals surface area contributed by atoms with Crippen molar-refractivity contribution in [2.45, 2.75) is 26.2 Å². The topological polar surface area (TPSA) is 46.5 Å². The Hall–Kier alpha value is -2.26. The first-order valence-corrected chi connectivity index (χ1v) is 7.91. The third-order valence-corrected chi connectivity index (χ3v) is 4.46. The number of aromatic hydroxyl groups is 1. The third-order valence-electron chi connectivity index (χ3n) is 4.23. The Bertz CT molecular complexity index is 850. The minimum absolute atomic E-state index is 0.210. The van der Waals surface area contributed by atoms with Gasteiger partial charge in [-0.1, -0.05) is 36.8 Å². The largest absolute Gasteiger partial charge is 0.507 e. The van der Waals surface area contributed by atoms with Crippen LogP contribution in [0.15, 0.2) is 42.5 Å². The van der Waals surface area contributed by atoms with Crippen LogP contribution in [0.2, 0.25) is 5.02 Å². The molecule has 0 amide bonds. The van der Waals surface area contributed by atoms with E-state index in [1.165, 1.54) is 5.57 Å². The summed E-state index contributed by atoms with van der Waals surface area (Å²) in [6.07, 6.45) is 5.47. The van der Waals surface area contributed by atoms with Crippen molar-refractivity contribution in [2.75, 3.05) is 0 Å². The zero-order chi connectivity index (χ0) is 16.6. The second kappa shape index (κ2) is 6.09. The second-order valence-corrected chi connectivity index (χ2v) is 5.98. The number of hydrogen-bond donors (Lipinski definition) is 1. The molecule has 1 aliphatic carbocycles. The van der Waals surface area contributed by atoms with Gasteiger partial charge in [0.15, 0.2) is 0 Å². The molecule has 0 fully saturated rings. The van der Waals surface area contributed by atoms with Crippen LogP contribution in [0, 0.1) is 0 Å². The van der Waals surface area contributed by atoms with E-state index in [0.29, 0.717) is 34.4 Å². The number of carbonyl (C=O) groups excluding carboxylic acids is 1. The molecule has 0 heterocycles. The van der Waals surface area contributed by atoms with E-state index in [1.54, 1.807) is 18.2 Å². The second-order valence-electron chi connectivity index (χ2n) is 5.55. The van der Waals surface area contributed by atoms with E-state index in [2.05, 4.69) is 19.6 Å². The standard InChI is InChI=1S/C19H17ClO3/c1-3-11-5-7-13-16(9-11)19(23-17(21)4-2)14-8-6-12(20)10-15(14)18(13)22/h4-6,8,10,22H,2-3,7,9H2,1H3. The number of fused-ring (bicyclic) bond motifs is 2. The van der Waals surface area contributed by atoms with E-state index in [4.69, 9.17) is 16.3 Å². The summed E-state index contributed by atoms with van der Waals surface area (Å²) in [6, 6.07) is 5.18. The predicted octanol–water partition coefficient (Wildman–Crippen LogP) is 4.73. The Labute approximate surface area is 139 Å². The van der Waals surface area contributed by atoms with Gasteiger partial charge in [-0.15, -0.1) is 0 Å². The van der Waals surface area contributed by atoms with Crippen LogP contribution in [0.5, 0.6) is 11.5 Å². The number of carbonyl (C=O) groups is 1. The van der Waals surface area contributed by atoms with Crippen molar-refractivity contribution in [3.05, 3.63) is 58.7 Å². The lowest BCUT2D eigenvalue weighted by Crippen LogP contribution is -2.11. The molecule has 0 aliphatic heterocycles. The highest BCUT2D eigenvalue weighted by atomic mass is 35.5. The van der Waals surface area contributed by atoms with Gasteiger partial charge in [-0.05, 0) is 37.5 Å². The van der Waals surface area contributed by atoms with Crippen LogP contribution in [0.25, 0.3) is 10.8 Å². The predicted molar refractivity (Wildman–Crippen MR) is 92.2 cm³/mol. The maximum absolute atomic E-state index is 11.8. The smallest absolute Gasteiger partial charge is 0.335 e. The van der Waals surface area contributed by atoms with Crippen molar-refractivity contribution in [2.24, 2.45) is 0 Å². The first-order chi connectivity index (χ1) is 11.0. The number of phenols is 1. The summed E-state index contributed by atoms with van der Waals surface area (Å²) in [5.41, 5.74) is 2.93. The lowest BCUT2D eigenvalue weighted by Gasteiger charge is -2.22. The quantitative estimate of drug-likeness (QED) is 0.383. The van der Waals surface area contributed by atoms with Crippen molar-refractivity contribution in [1.82, 2.24) is 0 Å². The molecule has 0 unspecified atom stereocenters. The highest BCUT2D eigenvalue weighted by molar-refractivity contribution is 6.31. The van der Waals surface area contributed by atoms with E-state index in [1.807, 2.05) is 0 Å². The van der Waals surface area contributed by atoms with Crippen molar-refractivity contribution >= 4 is 28.3 Å². The van der Waals surface area contributed by atoms with Crippen LogP contribution in [0.1, 0.15) is 24.5 Å². The molecule has 2 aromatic carbocycles. The molecule has 2 aromatic rings. The minimum atomic E-state index is -0.512. The Balaban J connectivity index is 2.31. The molecular weight excluding hydrogens is 312 g/mol. The highest BCUT2D eigenvalue weighted by Crippen LogP contribution is 2.44. The van der Waals surface area contributed by atoms with Gasteiger partial charge in [-0.25, -0.2) is 4.79 Å². The molecule has 118 valence electrons. The number of benzene rings is 2. The van der Waals surface area contributed by atoms with E-state index in [9.17, 15) is 9.90 Å². The Kier molecular flexibility index (Phi) is 4.14. The van der Waals surface area contributed by atoms with Crippen LogP contribution in [-0.4, -0.2) is 11.1 Å². The van der Waals surface area contributed by atoms with E-state index < -0.39 is 5.97 Å². The lowest BCUT2D eigenvalue weighted by molar-refractivity contribution is -0.128. The SMILES string of the molecule is C=CC(=O)Oc1c2c(c(O)c3cc(Cl)ccc13)CC=C(CC)C2. The Morgan fingerprint density at radius 1 is 1.39 bits per heavy atom. The van der Waals surface area contributed by atoms with E-state index >= 15 is 0 Å². The summed E-state index contributed by atoms with van der Waals surface area (Å²) in [5.74, 6) is 0.192. The number of hydrogen-bond acceptors (Lipinski definition) is 3.